The number of carbonyl (C=O) groups is 2. The van der Waals surface area contributed by atoms with Crippen LogP contribution in [0.15, 0.2) is 22.7 Å². The number of rotatable bonds is 5. The Morgan fingerprint density at radius 2 is 2.17 bits per heavy atom. The van der Waals surface area contributed by atoms with Crippen LogP contribution >= 0.6 is 15.9 Å². The first-order valence-electron chi connectivity index (χ1n) is 5.35. The van der Waals surface area contributed by atoms with Crippen molar-refractivity contribution in [1.29, 1.82) is 0 Å². The number of esters is 1. The summed E-state index contributed by atoms with van der Waals surface area (Å²) in [6, 6.07) is 4.31. The summed E-state index contributed by atoms with van der Waals surface area (Å²) in [5.74, 6) is -1.43. The van der Waals surface area contributed by atoms with E-state index in [1.807, 2.05) is 0 Å². The lowest BCUT2D eigenvalue weighted by Crippen LogP contribution is -2.26. The zero-order valence-electron chi connectivity index (χ0n) is 9.83. The molecule has 6 heteroatoms. The fourth-order valence-corrected chi connectivity index (χ4v) is 1.86. The van der Waals surface area contributed by atoms with Crippen LogP contribution in [0.25, 0.3) is 0 Å². The van der Waals surface area contributed by atoms with Crippen molar-refractivity contribution < 1.29 is 18.7 Å². The zero-order chi connectivity index (χ0) is 13.5. The van der Waals surface area contributed by atoms with Crippen LogP contribution in [0, 0.1) is 5.82 Å². The minimum atomic E-state index is -0.588. The molecular formula is C12H13BrFNO3. The van der Waals surface area contributed by atoms with Crippen molar-refractivity contribution in [2.45, 2.75) is 12.8 Å². The Balaban J connectivity index is 2.49. The van der Waals surface area contributed by atoms with Crippen molar-refractivity contribution in [2.75, 3.05) is 13.7 Å². The molecular weight excluding hydrogens is 305 g/mol. The van der Waals surface area contributed by atoms with Gasteiger partial charge in [-0.05, 0) is 34.5 Å². The largest absolute Gasteiger partial charge is 0.469 e. The van der Waals surface area contributed by atoms with Crippen LogP contribution in [0.3, 0.4) is 0 Å². The number of carbonyl (C=O) groups excluding carboxylic acids is 2. The average molecular weight is 318 g/mol. The number of halogens is 2. The van der Waals surface area contributed by atoms with Crippen molar-refractivity contribution in [3.8, 4) is 0 Å². The van der Waals surface area contributed by atoms with Crippen molar-refractivity contribution in [2.24, 2.45) is 0 Å². The van der Waals surface area contributed by atoms with Gasteiger partial charge in [0.05, 0.1) is 12.7 Å². The molecule has 0 unspecified atom stereocenters. The quantitative estimate of drug-likeness (QED) is 0.669. The molecule has 0 aliphatic carbocycles. The van der Waals surface area contributed by atoms with Crippen LogP contribution in [0.2, 0.25) is 0 Å². The Morgan fingerprint density at radius 1 is 1.44 bits per heavy atom. The number of hydrogen-bond donors (Lipinski definition) is 1. The van der Waals surface area contributed by atoms with Gasteiger partial charge in [0.25, 0.3) is 5.91 Å². The molecule has 0 aromatic heterocycles. The summed E-state index contributed by atoms with van der Waals surface area (Å²) in [5, 5.41) is 2.54. The summed E-state index contributed by atoms with van der Waals surface area (Å²) in [5.41, 5.74) is -0.0319. The van der Waals surface area contributed by atoms with E-state index in [0.717, 1.165) is 0 Å². The Kier molecular flexibility index (Phi) is 5.77. The normalized spacial score (nSPS) is 9.94. The van der Waals surface area contributed by atoms with E-state index in [4.69, 9.17) is 0 Å². The summed E-state index contributed by atoms with van der Waals surface area (Å²) in [7, 11) is 1.30. The second-order valence-electron chi connectivity index (χ2n) is 3.53. The van der Waals surface area contributed by atoms with Crippen LogP contribution in [0.5, 0.6) is 0 Å². The molecule has 1 aromatic rings. The molecule has 98 valence electrons. The molecule has 0 aliphatic rings. The van der Waals surface area contributed by atoms with E-state index in [1.165, 1.54) is 19.2 Å². The maximum atomic E-state index is 13.4. The third kappa shape index (κ3) is 4.10. The van der Waals surface area contributed by atoms with Crippen molar-refractivity contribution >= 4 is 27.8 Å². The second kappa shape index (κ2) is 7.10. The topological polar surface area (TPSA) is 55.4 Å². The van der Waals surface area contributed by atoms with Crippen LogP contribution in [-0.2, 0) is 9.53 Å². The van der Waals surface area contributed by atoms with E-state index >= 15 is 0 Å². The fraction of sp³-hybridized carbons (Fsp3) is 0.333. The van der Waals surface area contributed by atoms with Gasteiger partial charge in [0.1, 0.15) is 5.82 Å². The average Bonchev–Trinajstić information content (AvgIpc) is 2.34. The molecule has 1 N–H and O–H groups in total. The molecule has 0 heterocycles. The van der Waals surface area contributed by atoms with Crippen molar-refractivity contribution in [1.82, 2.24) is 5.32 Å². The van der Waals surface area contributed by atoms with Crippen molar-refractivity contribution in [3.63, 3.8) is 0 Å². The first-order valence-corrected chi connectivity index (χ1v) is 6.14. The number of benzene rings is 1. The minimum absolute atomic E-state index is 0.0319. The summed E-state index contributed by atoms with van der Waals surface area (Å²) >= 11 is 3.12. The third-order valence-corrected chi connectivity index (χ3v) is 2.92. The summed E-state index contributed by atoms with van der Waals surface area (Å²) in [6.45, 7) is 0.286. The fourth-order valence-electron chi connectivity index (χ4n) is 1.34. The zero-order valence-corrected chi connectivity index (χ0v) is 11.4. The Hall–Kier alpha value is -1.43. The first-order chi connectivity index (χ1) is 8.56. The van der Waals surface area contributed by atoms with Gasteiger partial charge in [0.15, 0.2) is 0 Å². The van der Waals surface area contributed by atoms with Crippen molar-refractivity contribution in [3.05, 3.63) is 34.1 Å². The summed E-state index contributed by atoms with van der Waals surface area (Å²) < 4.78 is 18.3. The number of amides is 1. The SMILES string of the molecule is COC(=O)CCCNC(=O)c1c(F)cccc1Br. The monoisotopic (exact) mass is 317 g/mol. The Labute approximate surface area is 113 Å². The molecule has 0 radical (unpaired) electrons. The van der Waals surface area contributed by atoms with Gasteiger partial charge in [0.2, 0.25) is 0 Å². The lowest BCUT2D eigenvalue weighted by atomic mass is 10.2. The van der Waals surface area contributed by atoms with E-state index in [-0.39, 0.29) is 24.5 Å². The van der Waals surface area contributed by atoms with Gasteiger partial charge in [0, 0.05) is 17.4 Å². The molecule has 1 rings (SSSR count). The molecule has 0 saturated carbocycles. The second-order valence-corrected chi connectivity index (χ2v) is 4.39. The minimum Gasteiger partial charge on any atom is -0.469 e. The van der Waals surface area contributed by atoms with Gasteiger partial charge >= 0.3 is 5.97 Å². The number of hydrogen-bond acceptors (Lipinski definition) is 3. The predicted molar refractivity (Wildman–Crippen MR) is 67.7 cm³/mol. The highest BCUT2D eigenvalue weighted by molar-refractivity contribution is 9.10. The van der Waals surface area contributed by atoms with E-state index in [0.29, 0.717) is 10.9 Å². The summed E-state index contributed by atoms with van der Waals surface area (Å²) in [4.78, 5) is 22.5. The van der Waals surface area contributed by atoms with E-state index < -0.39 is 11.7 Å². The van der Waals surface area contributed by atoms with Gasteiger partial charge in [-0.2, -0.15) is 0 Å². The molecule has 0 atom stereocenters. The number of ether oxygens (including phenoxy) is 1. The number of nitrogens with one attached hydrogen (secondary N) is 1. The van der Waals surface area contributed by atoms with Gasteiger partial charge in [-0.3, -0.25) is 9.59 Å². The molecule has 0 spiro atoms. The molecule has 0 aliphatic heterocycles. The van der Waals surface area contributed by atoms with Gasteiger partial charge < -0.3 is 10.1 Å². The van der Waals surface area contributed by atoms with Crippen LogP contribution < -0.4 is 5.32 Å². The van der Waals surface area contributed by atoms with Gasteiger partial charge in [-0.25, -0.2) is 4.39 Å². The summed E-state index contributed by atoms with van der Waals surface area (Å²) in [6.07, 6.45) is 0.666. The lowest BCUT2D eigenvalue weighted by molar-refractivity contribution is -0.140. The molecule has 0 fully saturated rings. The van der Waals surface area contributed by atoms with E-state index in [9.17, 15) is 14.0 Å². The third-order valence-electron chi connectivity index (χ3n) is 2.26. The Morgan fingerprint density at radius 3 is 2.78 bits per heavy atom. The predicted octanol–water partition coefficient (Wildman–Crippen LogP) is 2.27. The maximum absolute atomic E-state index is 13.4. The standard InChI is InChI=1S/C12H13BrFNO3/c1-18-10(16)6-3-7-15-12(17)11-8(13)4-2-5-9(11)14/h2,4-5H,3,6-7H2,1H3,(H,15,17). The highest BCUT2D eigenvalue weighted by Crippen LogP contribution is 2.19. The van der Waals surface area contributed by atoms with E-state index in [1.54, 1.807) is 6.07 Å². The molecule has 1 aromatic carbocycles. The molecule has 18 heavy (non-hydrogen) atoms. The van der Waals surface area contributed by atoms with Crippen LogP contribution in [0.4, 0.5) is 4.39 Å². The first kappa shape index (κ1) is 14.6. The van der Waals surface area contributed by atoms with Crippen LogP contribution in [-0.4, -0.2) is 25.5 Å². The Bertz CT molecular complexity index is 431. The maximum Gasteiger partial charge on any atom is 0.305 e. The highest BCUT2D eigenvalue weighted by atomic mass is 79.9. The van der Waals surface area contributed by atoms with Gasteiger partial charge in [-0.15, -0.1) is 0 Å². The smallest absolute Gasteiger partial charge is 0.305 e. The number of methoxy groups -OCH3 is 1. The van der Waals surface area contributed by atoms with Crippen LogP contribution in [0.1, 0.15) is 23.2 Å². The van der Waals surface area contributed by atoms with E-state index in [2.05, 4.69) is 26.0 Å². The highest BCUT2D eigenvalue weighted by Gasteiger charge is 2.14. The van der Waals surface area contributed by atoms with Gasteiger partial charge in [-0.1, -0.05) is 6.07 Å². The lowest BCUT2D eigenvalue weighted by Gasteiger charge is -2.07. The molecule has 4 nitrogen and oxygen atoms in total. The molecule has 1 amide bonds. The molecule has 0 bridgehead atoms. The molecule has 0 saturated heterocycles.